The van der Waals surface area contributed by atoms with Crippen LogP contribution in [0.15, 0.2) is 24.3 Å². The molecule has 1 aromatic carbocycles. The summed E-state index contributed by atoms with van der Waals surface area (Å²) in [6.07, 6.45) is 0. The molecule has 3 nitrogen and oxygen atoms in total. The van der Waals surface area contributed by atoms with E-state index in [2.05, 4.69) is 5.32 Å². The Bertz CT molecular complexity index is 213. The van der Waals surface area contributed by atoms with Crippen molar-refractivity contribution in [3.63, 3.8) is 0 Å². The van der Waals surface area contributed by atoms with Gasteiger partial charge in [0, 0.05) is 0 Å². The summed E-state index contributed by atoms with van der Waals surface area (Å²) in [5.41, 5.74) is 0.821. The van der Waals surface area contributed by atoms with E-state index in [1.54, 1.807) is 0 Å². The lowest BCUT2D eigenvalue weighted by Gasteiger charge is -2.09. The van der Waals surface area contributed by atoms with Gasteiger partial charge in [-0.3, -0.25) is 0 Å². The highest BCUT2D eigenvalue weighted by molar-refractivity contribution is 5.55. The Labute approximate surface area is 72.0 Å². The standard InChI is InChI=1S/C9H13NO2/c1-2-12-9-6-4-3-5-8(9)10-7-11/h3-6,10-11H,2,7H2,1H3. The lowest BCUT2D eigenvalue weighted by Crippen LogP contribution is -2.02. The SMILES string of the molecule is CCOc1ccccc1NCO. The number of benzene rings is 1. The van der Waals surface area contributed by atoms with Gasteiger partial charge in [0.15, 0.2) is 0 Å². The van der Waals surface area contributed by atoms with E-state index in [-0.39, 0.29) is 6.73 Å². The quantitative estimate of drug-likeness (QED) is 0.667. The maximum atomic E-state index is 8.65. The highest BCUT2D eigenvalue weighted by atomic mass is 16.5. The Morgan fingerprint density at radius 1 is 1.42 bits per heavy atom. The van der Waals surface area contributed by atoms with Gasteiger partial charge < -0.3 is 15.2 Å². The number of aliphatic hydroxyl groups excluding tert-OH is 1. The van der Waals surface area contributed by atoms with Gasteiger partial charge in [-0.05, 0) is 19.1 Å². The summed E-state index contributed by atoms with van der Waals surface area (Å²) in [6, 6.07) is 7.51. The molecular formula is C9H13NO2. The molecule has 0 atom stereocenters. The van der Waals surface area contributed by atoms with Crippen molar-refractivity contribution in [2.24, 2.45) is 0 Å². The monoisotopic (exact) mass is 167 g/mol. The second-order valence-electron chi connectivity index (χ2n) is 2.26. The van der Waals surface area contributed by atoms with Crippen LogP contribution in [0, 0.1) is 0 Å². The maximum Gasteiger partial charge on any atom is 0.142 e. The van der Waals surface area contributed by atoms with Crippen LogP contribution in [0.25, 0.3) is 0 Å². The third-order valence-corrected chi connectivity index (χ3v) is 1.46. The van der Waals surface area contributed by atoms with Gasteiger partial charge in [0.25, 0.3) is 0 Å². The fraction of sp³-hybridized carbons (Fsp3) is 0.333. The average Bonchev–Trinajstić information content (AvgIpc) is 2.09. The summed E-state index contributed by atoms with van der Waals surface area (Å²) >= 11 is 0. The first-order valence-electron chi connectivity index (χ1n) is 3.95. The average molecular weight is 167 g/mol. The van der Waals surface area contributed by atoms with Gasteiger partial charge in [0.2, 0.25) is 0 Å². The lowest BCUT2D eigenvalue weighted by atomic mass is 10.3. The first-order valence-corrected chi connectivity index (χ1v) is 3.95. The van der Waals surface area contributed by atoms with Crippen LogP contribution >= 0.6 is 0 Å². The topological polar surface area (TPSA) is 41.5 Å². The van der Waals surface area contributed by atoms with Gasteiger partial charge >= 0.3 is 0 Å². The number of nitrogens with one attached hydrogen (secondary N) is 1. The van der Waals surface area contributed by atoms with Crippen LogP contribution in [0.3, 0.4) is 0 Å². The molecule has 3 heteroatoms. The normalized spacial score (nSPS) is 9.50. The number of ether oxygens (including phenoxy) is 1. The number of anilines is 1. The van der Waals surface area contributed by atoms with Gasteiger partial charge in [0.1, 0.15) is 12.5 Å². The van der Waals surface area contributed by atoms with Crippen LogP contribution in [0.4, 0.5) is 5.69 Å². The van der Waals surface area contributed by atoms with E-state index in [9.17, 15) is 0 Å². The zero-order valence-corrected chi connectivity index (χ0v) is 7.08. The summed E-state index contributed by atoms with van der Waals surface area (Å²) in [5, 5.41) is 11.4. The molecule has 0 aliphatic heterocycles. The Kier molecular flexibility index (Phi) is 3.41. The molecule has 66 valence electrons. The van der Waals surface area contributed by atoms with Crippen molar-refractivity contribution < 1.29 is 9.84 Å². The highest BCUT2D eigenvalue weighted by Gasteiger charge is 1.98. The molecule has 0 saturated carbocycles. The van der Waals surface area contributed by atoms with Crippen molar-refractivity contribution in [2.75, 3.05) is 18.7 Å². The molecular weight excluding hydrogens is 154 g/mol. The van der Waals surface area contributed by atoms with Crippen LogP contribution in [0.5, 0.6) is 5.75 Å². The van der Waals surface area contributed by atoms with E-state index in [1.807, 2.05) is 31.2 Å². The zero-order chi connectivity index (χ0) is 8.81. The van der Waals surface area contributed by atoms with Crippen molar-refractivity contribution in [3.8, 4) is 5.75 Å². The Balaban J connectivity index is 2.77. The second-order valence-corrected chi connectivity index (χ2v) is 2.26. The molecule has 0 bridgehead atoms. The minimum absolute atomic E-state index is 0.0793. The van der Waals surface area contributed by atoms with Crippen LogP contribution in [-0.2, 0) is 0 Å². The Hall–Kier alpha value is -1.22. The van der Waals surface area contributed by atoms with Gasteiger partial charge in [0.05, 0.1) is 12.3 Å². The smallest absolute Gasteiger partial charge is 0.142 e. The lowest BCUT2D eigenvalue weighted by molar-refractivity contribution is 0.319. The number of hydrogen-bond acceptors (Lipinski definition) is 3. The predicted molar refractivity (Wildman–Crippen MR) is 48.3 cm³/mol. The van der Waals surface area contributed by atoms with Gasteiger partial charge in [-0.25, -0.2) is 0 Å². The Morgan fingerprint density at radius 2 is 2.17 bits per heavy atom. The highest BCUT2D eigenvalue weighted by Crippen LogP contribution is 2.22. The molecule has 12 heavy (non-hydrogen) atoms. The zero-order valence-electron chi connectivity index (χ0n) is 7.08. The summed E-state index contributed by atoms with van der Waals surface area (Å²) in [6.45, 7) is 2.48. The van der Waals surface area contributed by atoms with Crippen molar-refractivity contribution in [2.45, 2.75) is 6.92 Å². The van der Waals surface area contributed by atoms with Crippen molar-refractivity contribution in [1.82, 2.24) is 0 Å². The fourth-order valence-electron chi connectivity index (χ4n) is 0.979. The summed E-state index contributed by atoms with van der Waals surface area (Å²) in [4.78, 5) is 0. The van der Waals surface area contributed by atoms with E-state index < -0.39 is 0 Å². The predicted octanol–water partition coefficient (Wildman–Crippen LogP) is 1.45. The van der Waals surface area contributed by atoms with Crippen LogP contribution in [0.2, 0.25) is 0 Å². The minimum Gasteiger partial charge on any atom is -0.492 e. The minimum atomic E-state index is -0.0793. The molecule has 0 aromatic heterocycles. The Morgan fingerprint density at radius 3 is 2.83 bits per heavy atom. The number of para-hydroxylation sites is 2. The van der Waals surface area contributed by atoms with E-state index >= 15 is 0 Å². The van der Waals surface area contributed by atoms with Crippen LogP contribution in [0.1, 0.15) is 6.92 Å². The molecule has 0 heterocycles. The van der Waals surface area contributed by atoms with E-state index in [0.717, 1.165) is 11.4 Å². The third-order valence-electron chi connectivity index (χ3n) is 1.46. The molecule has 1 rings (SSSR count). The number of hydrogen-bond donors (Lipinski definition) is 2. The molecule has 2 N–H and O–H groups in total. The third kappa shape index (κ3) is 2.13. The molecule has 1 aromatic rings. The van der Waals surface area contributed by atoms with Gasteiger partial charge in [-0.1, -0.05) is 12.1 Å². The number of aliphatic hydroxyl groups is 1. The largest absolute Gasteiger partial charge is 0.492 e. The molecule has 0 amide bonds. The molecule has 0 radical (unpaired) electrons. The molecule has 0 fully saturated rings. The van der Waals surface area contributed by atoms with Gasteiger partial charge in [-0.15, -0.1) is 0 Å². The van der Waals surface area contributed by atoms with Crippen molar-refractivity contribution in [1.29, 1.82) is 0 Å². The summed E-state index contributed by atoms with van der Waals surface area (Å²) in [5.74, 6) is 0.772. The van der Waals surface area contributed by atoms with E-state index in [0.29, 0.717) is 6.61 Å². The fourth-order valence-corrected chi connectivity index (χ4v) is 0.979. The summed E-state index contributed by atoms with van der Waals surface area (Å²) < 4.78 is 5.32. The molecule has 0 unspecified atom stereocenters. The van der Waals surface area contributed by atoms with Crippen molar-refractivity contribution in [3.05, 3.63) is 24.3 Å². The second kappa shape index (κ2) is 4.62. The molecule has 0 aliphatic carbocycles. The van der Waals surface area contributed by atoms with E-state index in [1.165, 1.54) is 0 Å². The molecule has 0 spiro atoms. The first kappa shape index (κ1) is 8.87. The maximum absolute atomic E-state index is 8.65. The first-order chi connectivity index (χ1) is 5.88. The molecule has 0 aliphatic rings. The van der Waals surface area contributed by atoms with E-state index in [4.69, 9.17) is 9.84 Å². The summed E-state index contributed by atoms with van der Waals surface area (Å²) in [7, 11) is 0. The molecule has 0 saturated heterocycles. The van der Waals surface area contributed by atoms with Gasteiger partial charge in [-0.2, -0.15) is 0 Å². The van der Waals surface area contributed by atoms with Crippen LogP contribution in [-0.4, -0.2) is 18.4 Å². The van der Waals surface area contributed by atoms with Crippen molar-refractivity contribution >= 4 is 5.69 Å². The number of rotatable bonds is 4. The van der Waals surface area contributed by atoms with Crippen LogP contribution < -0.4 is 10.1 Å².